The monoisotopic (exact) mass is 385 g/mol. The van der Waals surface area contributed by atoms with Gasteiger partial charge in [0.05, 0.1) is 6.04 Å². The van der Waals surface area contributed by atoms with E-state index in [-0.39, 0.29) is 17.4 Å². The van der Waals surface area contributed by atoms with E-state index >= 15 is 0 Å². The molecule has 140 valence electrons. The number of oxazole rings is 1. The average Bonchev–Trinajstić information content (AvgIpc) is 3.15. The van der Waals surface area contributed by atoms with Gasteiger partial charge in [-0.05, 0) is 42.2 Å². The molecule has 0 spiro atoms. The highest BCUT2D eigenvalue weighted by Crippen LogP contribution is 2.18. The minimum Gasteiger partial charge on any atom is -0.508 e. The number of phenolic OH excluding ortho intramolecular Hbond substituents is 1. The van der Waals surface area contributed by atoms with Gasteiger partial charge in [0.1, 0.15) is 12.0 Å². The summed E-state index contributed by atoms with van der Waals surface area (Å²) in [6.45, 7) is 0.435. The average molecular weight is 386 g/mol. The highest BCUT2D eigenvalue weighted by molar-refractivity contribution is 6.31. The molecule has 7 heteroatoms. The van der Waals surface area contributed by atoms with E-state index in [1.54, 1.807) is 24.3 Å². The summed E-state index contributed by atoms with van der Waals surface area (Å²) in [5, 5.41) is 12.8. The molecule has 0 aliphatic rings. The summed E-state index contributed by atoms with van der Waals surface area (Å²) >= 11 is 6.10. The molecule has 3 aromatic rings. The molecule has 0 aliphatic carbocycles. The second-order valence-corrected chi connectivity index (χ2v) is 6.55. The van der Waals surface area contributed by atoms with Gasteiger partial charge in [0.2, 0.25) is 5.89 Å². The summed E-state index contributed by atoms with van der Waals surface area (Å²) < 4.78 is 5.36. The maximum absolute atomic E-state index is 12.2. The summed E-state index contributed by atoms with van der Waals surface area (Å²) in [7, 11) is 0. The van der Waals surface area contributed by atoms with Crippen LogP contribution in [0.3, 0.4) is 0 Å². The van der Waals surface area contributed by atoms with E-state index in [4.69, 9.17) is 21.8 Å². The van der Waals surface area contributed by atoms with Gasteiger partial charge in [-0.2, -0.15) is 0 Å². The fourth-order valence-corrected chi connectivity index (χ4v) is 2.87. The van der Waals surface area contributed by atoms with Crippen LogP contribution in [0.2, 0.25) is 5.02 Å². The molecule has 6 nitrogen and oxygen atoms in total. The summed E-state index contributed by atoms with van der Waals surface area (Å²) in [6, 6.07) is 13.8. The Morgan fingerprint density at radius 2 is 1.96 bits per heavy atom. The van der Waals surface area contributed by atoms with Crippen LogP contribution in [0, 0.1) is 0 Å². The number of nitrogens with two attached hydrogens (primary N) is 1. The molecule has 1 unspecified atom stereocenters. The first-order valence-electron chi connectivity index (χ1n) is 8.53. The summed E-state index contributed by atoms with van der Waals surface area (Å²) in [4.78, 5) is 16.4. The molecule has 0 fully saturated rings. The molecule has 1 atom stereocenters. The van der Waals surface area contributed by atoms with E-state index in [1.165, 1.54) is 6.26 Å². The number of nitrogens with one attached hydrogen (secondary N) is 1. The molecule has 0 aliphatic heterocycles. The number of amides is 1. The number of phenols is 1. The number of benzene rings is 2. The van der Waals surface area contributed by atoms with Crippen LogP contribution in [0.4, 0.5) is 0 Å². The Hall–Kier alpha value is -2.83. The van der Waals surface area contributed by atoms with Crippen LogP contribution in [0.5, 0.6) is 5.75 Å². The Kier molecular flexibility index (Phi) is 6.11. The van der Waals surface area contributed by atoms with E-state index in [2.05, 4.69) is 10.3 Å². The van der Waals surface area contributed by atoms with Crippen molar-refractivity contribution in [1.82, 2.24) is 10.3 Å². The number of hydrogen-bond acceptors (Lipinski definition) is 5. The molecule has 2 aromatic carbocycles. The molecule has 3 rings (SSSR count). The molecule has 0 bridgehead atoms. The first-order valence-corrected chi connectivity index (χ1v) is 8.91. The zero-order valence-electron chi connectivity index (χ0n) is 14.6. The fraction of sp³-hybridized carbons (Fsp3) is 0.200. The Morgan fingerprint density at radius 3 is 2.70 bits per heavy atom. The van der Waals surface area contributed by atoms with Crippen LogP contribution >= 0.6 is 11.6 Å². The SMILES string of the molecule is NC(Cc1ccc(O)cc1)c1nc(C(=O)NCCc2ccccc2Cl)co1. The van der Waals surface area contributed by atoms with Crippen molar-refractivity contribution in [2.24, 2.45) is 5.73 Å². The van der Waals surface area contributed by atoms with E-state index in [0.29, 0.717) is 30.3 Å². The number of halogens is 1. The molecular formula is C20H20ClN3O3. The van der Waals surface area contributed by atoms with Gasteiger partial charge in [0.25, 0.3) is 5.91 Å². The number of carbonyl (C=O) groups is 1. The van der Waals surface area contributed by atoms with Gasteiger partial charge in [0.15, 0.2) is 5.69 Å². The predicted molar refractivity (Wildman–Crippen MR) is 103 cm³/mol. The number of nitrogens with zero attached hydrogens (tertiary/aromatic N) is 1. The normalized spacial score (nSPS) is 11.9. The van der Waals surface area contributed by atoms with Crippen LogP contribution < -0.4 is 11.1 Å². The second kappa shape index (κ2) is 8.70. The van der Waals surface area contributed by atoms with Gasteiger partial charge >= 0.3 is 0 Å². The van der Waals surface area contributed by atoms with E-state index < -0.39 is 6.04 Å². The molecular weight excluding hydrogens is 366 g/mol. The Labute approximate surface area is 162 Å². The van der Waals surface area contributed by atoms with Gasteiger partial charge in [-0.25, -0.2) is 4.98 Å². The fourth-order valence-electron chi connectivity index (χ4n) is 2.64. The van der Waals surface area contributed by atoms with Crippen molar-refractivity contribution in [3.8, 4) is 5.75 Å². The Bertz CT molecular complexity index is 909. The number of aromatic hydroxyl groups is 1. The van der Waals surface area contributed by atoms with Crippen LogP contribution in [0.1, 0.15) is 33.5 Å². The van der Waals surface area contributed by atoms with Gasteiger partial charge < -0.3 is 20.6 Å². The van der Waals surface area contributed by atoms with Crippen molar-refractivity contribution in [3.05, 3.63) is 82.5 Å². The number of carbonyl (C=O) groups excluding carboxylic acids is 1. The number of hydrogen-bond donors (Lipinski definition) is 3. The van der Waals surface area contributed by atoms with Crippen molar-refractivity contribution in [2.45, 2.75) is 18.9 Å². The molecule has 0 saturated heterocycles. The molecule has 1 heterocycles. The van der Waals surface area contributed by atoms with Crippen molar-refractivity contribution in [1.29, 1.82) is 0 Å². The Balaban J connectivity index is 1.53. The van der Waals surface area contributed by atoms with E-state index in [1.807, 2.05) is 24.3 Å². The maximum Gasteiger partial charge on any atom is 0.273 e. The van der Waals surface area contributed by atoms with Crippen LogP contribution in [-0.2, 0) is 12.8 Å². The van der Waals surface area contributed by atoms with Crippen molar-refractivity contribution >= 4 is 17.5 Å². The maximum atomic E-state index is 12.2. The lowest BCUT2D eigenvalue weighted by Gasteiger charge is -2.07. The highest BCUT2D eigenvalue weighted by Gasteiger charge is 2.17. The third-order valence-electron chi connectivity index (χ3n) is 4.10. The van der Waals surface area contributed by atoms with Crippen LogP contribution in [0.25, 0.3) is 0 Å². The standard InChI is InChI=1S/C20H20ClN3O3/c21-16-4-2-1-3-14(16)9-10-23-19(26)18-12-27-20(24-18)17(22)11-13-5-7-15(25)8-6-13/h1-8,12,17,25H,9-11,22H2,(H,23,26). The summed E-state index contributed by atoms with van der Waals surface area (Å²) in [5.41, 5.74) is 8.19. The highest BCUT2D eigenvalue weighted by atomic mass is 35.5. The molecule has 0 radical (unpaired) electrons. The van der Waals surface area contributed by atoms with Crippen molar-refractivity contribution in [3.63, 3.8) is 0 Å². The first-order chi connectivity index (χ1) is 13.0. The quantitative estimate of drug-likeness (QED) is 0.579. The lowest BCUT2D eigenvalue weighted by Crippen LogP contribution is -2.26. The summed E-state index contributed by atoms with van der Waals surface area (Å²) in [6.07, 6.45) is 2.40. The van der Waals surface area contributed by atoms with Gasteiger partial charge in [0, 0.05) is 11.6 Å². The molecule has 0 saturated carbocycles. The molecule has 27 heavy (non-hydrogen) atoms. The lowest BCUT2D eigenvalue weighted by molar-refractivity contribution is 0.0949. The van der Waals surface area contributed by atoms with Gasteiger partial charge in [-0.15, -0.1) is 0 Å². The largest absolute Gasteiger partial charge is 0.508 e. The van der Waals surface area contributed by atoms with Crippen molar-refractivity contribution in [2.75, 3.05) is 6.54 Å². The molecule has 1 aromatic heterocycles. The van der Waals surface area contributed by atoms with Crippen LogP contribution in [0.15, 0.2) is 59.2 Å². The Morgan fingerprint density at radius 1 is 1.22 bits per heavy atom. The number of aromatic nitrogens is 1. The lowest BCUT2D eigenvalue weighted by atomic mass is 10.1. The van der Waals surface area contributed by atoms with Gasteiger partial charge in [-0.3, -0.25) is 4.79 Å². The third kappa shape index (κ3) is 5.09. The molecule has 4 N–H and O–H groups in total. The second-order valence-electron chi connectivity index (χ2n) is 6.15. The van der Waals surface area contributed by atoms with E-state index in [9.17, 15) is 9.90 Å². The minimum atomic E-state index is -0.487. The minimum absolute atomic E-state index is 0.185. The van der Waals surface area contributed by atoms with E-state index in [0.717, 1.165) is 11.1 Å². The van der Waals surface area contributed by atoms with Gasteiger partial charge in [-0.1, -0.05) is 41.9 Å². The molecule has 1 amide bonds. The summed E-state index contributed by atoms with van der Waals surface area (Å²) in [5.74, 6) is 0.160. The first kappa shape index (κ1) is 18.9. The topological polar surface area (TPSA) is 101 Å². The van der Waals surface area contributed by atoms with Crippen molar-refractivity contribution < 1.29 is 14.3 Å². The smallest absolute Gasteiger partial charge is 0.273 e. The third-order valence-corrected chi connectivity index (χ3v) is 4.47. The zero-order valence-corrected chi connectivity index (χ0v) is 15.3. The predicted octanol–water partition coefficient (Wildman–Crippen LogP) is 3.25. The zero-order chi connectivity index (χ0) is 19.2. The van der Waals surface area contributed by atoms with Crippen LogP contribution in [-0.4, -0.2) is 22.5 Å². The number of rotatable bonds is 7.